The molecule has 1 aliphatic rings. The van der Waals surface area contributed by atoms with Crippen LogP contribution in [0.15, 0.2) is 0 Å². The SMILES string of the molecule is CCN1CCOC(C(NN)C(C)(C)C)C1. The molecule has 0 spiro atoms. The molecule has 2 atom stereocenters. The first kappa shape index (κ1) is 12.9. The number of hydrogen-bond donors (Lipinski definition) is 2. The van der Waals surface area contributed by atoms with Crippen LogP contribution < -0.4 is 11.3 Å². The summed E-state index contributed by atoms with van der Waals surface area (Å²) in [5.74, 6) is 5.63. The van der Waals surface area contributed by atoms with E-state index in [1.54, 1.807) is 0 Å². The van der Waals surface area contributed by atoms with Crippen molar-refractivity contribution in [2.75, 3.05) is 26.2 Å². The molecule has 1 saturated heterocycles. The van der Waals surface area contributed by atoms with Crippen LogP contribution in [0.25, 0.3) is 0 Å². The lowest BCUT2D eigenvalue weighted by molar-refractivity contribution is -0.0640. The number of hydrazine groups is 1. The maximum absolute atomic E-state index is 5.81. The zero-order chi connectivity index (χ0) is 11.5. The van der Waals surface area contributed by atoms with Crippen molar-refractivity contribution < 1.29 is 4.74 Å². The number of nitrogens with one attached hydrogen (secondary N) is 1. The van der Waals surface area contributed by atoms with Gasteiger partial charge in [-0.2, -0.15) is 0 Å². The molecule has 0 aromatic heterocycles. The summed E-state index contributed by atoms with van der Waals surface area (Å²) in [6, 6.07) is 0.201. The molecular formula is C11H25N3O. The third kappa shape index (κ3) is 3.41. The van der Waals surface area contributed by atoms with Gasteiger partial charge in [-0.3, -0.25) is 16.2 Å². The highest BCUT2D eigenvalue weighted by molar-refractivity contribution is 4.89. The Morgan fingerprint density at radius 3 is 2.67 bits per heavy atom. The van der Waals surface area contributed by atoms with Crippen molar-refractivity contribution in [3.05, 3.63) is 0 Å². The first-order valence-electron chi connectivity index (χ1n) is 5.79. The van der Waals surface area contributed by atoms with E-state index >= 15 is 0 Å². The fourth-order valence-electron chi connectivity index (χ4n) is 2.14. The third-order valence-electron chi connectivity index (χ3n) is 3.11. The molecule has 4 heteroatoms. The van der Waals surface area contributed by atoms with Crippen molar-refractivity contribution in [2.45, 2.75) is 39.8 Å². The number of ether oxygens (including phenoxy) is 1. The van der Waals surface area contributed by atoms with Crippen LogP contribution in [0.3, 0.4) is 0 Å². The molecule has 1 heterocycles. The Morgan fingerprint density at radius 1 is 1.53 bits per heavy atom. The molecule has 0 bridgehead atoms. The lowest BCUT2D eigenvalue weighted by Gasteiger charge is -2.41. The molecule has 0 amide bonds. The minimum absolute atomic E-state index is 0.121. The number of likely N-dealkylation sites (N-methyl/N-ethyl adjacent to an activating group) is 1. The molecule has 0 saturated carbocycles. The molecule has 2 unspecified atom stereocenters. The van der Waals surface area contributed by atoms with E-state index in [9.17, 15) is 0 Å². The van der Waals surface area contributed by atoms with Gasteiger partial charge in [0, 0.05) is 13.1 Å². The van der Waals surface area contributed by atoms with Crippen LogP contribution in [-0.4, -0.2) is 43.3 Å². The Balaban J connectivity index is 2.60. The number of rotatable bonds is 3. The summed E-state index contributed by atoms with van der Waals surface area (Å²) in [5, 5.41) is 0. The van der Waals surface area contributed by atoms with E-state index in [1.807, 2.05) is 0 Å². The maximum atomic E-state index is 5.81. The number of nitrogens with zero attached hydrogens (tertiary/aromatic N) is 1. The quantitative estimate of drug-likeness (QED) is 0.534. The monoisotopic (exact) mass is 215 g/mol. The smallest absolute Gasteiger partial charge is 0.0873 e. The zero-order valence-electron chi connectivity index (χ0n) is 10.4. The Bertz CT molecular complexity index is 191. The topological polar surface area (TPSA) is 50.5 Å². The van der Waals surface area contributed by atoms with E-state index in [1.165, 1.54) is 0 Å². The van der Waals surface area contributed by atoms with Gasteiger partial charge in [-0.05, 0) is 12.0 Å². The second kappa shape index (κ2) is 5.25. The maximum Gasteiger partial charge on any atom is 0.0873 e. The van der Waals surface area contributed by atoms with Crippen LogP contribution in [0.4, 0.5) is 0 Å². The summed E-state index contributed by atoms with van der Waals surface area (Å²) in [6.45, 7) is 12.7. The number of nitrogens with two attached hydrogens (primary N) is 1. The second-order valence-electron chi connectivity index (χ2n) is 5.31. The van der Waals surface area contributed by atoms with Crippen molar-refractivity contribution in [3.63, 3.8) is 0 Å². The number of morpholine rings is 1. The molecule has 4 nitrogen and oxygen atoms in total. The van der Waals surface area contributed by atoms with E-state index in [-0.39, 0.29) is 17.6 Å². The average molecular weight is 215 g/mol. The Labute approximate surface area is 93.1 Å². The normalized spacial score (nSPS) is 26.6. The van der Waals surface area contributed by atoms with Crippen LogP contribution >= 0.6 is 0 Å². The van der Waals surface area contributed by atoms with Crippen molar-refractivity contribution in [3.8, 4) is 0 Å². The highest BCUT2D eigenvalue weighted by Crippen LogP contribution is 2.24. The van der Waals surface area contributed by atoms with Crippen LogP contribution in [0, 0.1) is 5.41 Å². The summed E-state index contributed by atoms with van der Waals surface area (Å²) >= 11 is 0. The van der Waals surface area contributed by atoms with Crippen LogP contribution in [0.2, 0.25) is 0 Å². The lowest BCUT2D eigenvalue weighted by Crippen LogP contribution is -2.58. The molecule has 15 heavy (non-hydrogen) atoms. The van der Waals surface area contributed by atoms with E-state index < -0.39 is 0 Å². The molecule has 1 aliphatic heterocycles. The van der Waals surface area contributed by atoms with Crippen molar-refractivity contribution in [1.29, 1.82) is 0 Å². The van der Waals surface area contributed by atoms with E-state index in [2.05, 4.69) is 38.0 Å². The number of hydrogen-bond acceptors (Lipinski definition) is 4. The largest absolute Gasteiger partial charge is 0.374 e. The summed E-state index contributed by atoms with van der Waals surface area (Å²) in [6.07, 6.45) is 0.198. The van der Waals surface area contributed by atoms with Crippen molar-refractivity contribution in [2.24, 2.45) is 11.3 Å². The molecular weight excluding hydrogens is 190 g/mol. The van der Waals surface area contributed by atoms with Gasteiger partial charge in [0.25, 0.3) is 0 Å². The summed E-state index contributed by atoms with van der Waals surface area (Å²) < 4.78 is 5.81. The minimum atomic E-state index is 0.121. The molecule has 1 rings (SSSR count). The highest BCUT2D eigenvalue weighted by atomic mass is 16.5. The van der Waals surface area contributed by atoms with Crippen molar-refractivity contribution >= 4 is 0 Å². The van der Waals surface area contributed by atoms with Crippen LogP contribution in [0.5, 0.6) is 0 Å². The first-order chi connectivity index (χ1) is 6.99. The molecule has 3 N–H and O–H groups in total. The van der Waals surface area contributed by atoms with Gasteiger partial charge in [0.15, 0.2) is 0 Å². The first-order valence-corrected chi connectivity index (χ1v) is 5.79. The zero-order valence-corrected chi connectivity index (χ0v) is 10.4. The molecule has 90 valence electrons. The van der Waals surface area contributed by atoms with Gasteiger partial charge in [-0.1, -0.05) is 27.7 Å². The molecule has 1 fully saturated rings. The predicted octanol–water partition coefficient (Wildman–Crippen LogP) is 0.585. The fourth-order valence-corrected chi connectivity index (χ4v) is 2.14. The second-order valence-corrected chi connectivity index (χ2v) is 5.31. The van der Waals surface area contributed by atoms with Crippen LogP contribution in [0.1, 0.15) is 27.7 Å². The Hall–Kier alpha value is -0.160. The third-order valence-corrected chi connectivity index (χ3v) is 3.11. The van der Waals surface area contributed by atoms with E-state index in [0.717, 1.165) is 26.2 Å². The Morgan fingerprint density at radius 2 is 2.20 bits per heavy atom. The summed E-state index contributed by atoms with van der Waals surface area (Å²) in [7, 11) is 0. The van der Waals surface area contributed by atoms with Gasteiger partial charge in [-0.25, -0.2) is 0 Å². The molecule has 0 aliphatic carbocycles. The van der Waals surface area contributed by atoms with Gasteiger partial charge >= 0.3 is 0 Å². The molecule has 0 aromatic carbocycles. The lowest BCUT2D eigenvalue weighted by atomic mass is 9.83. The summed E-state index contributed by atoms with van der Waals surface area (Å²) in [4.78, 5) is 2.41. The molecule has 0 aromatic rings. The fraction of sp³-hybridized carbons (Fsp3) is 1.00. The van der Waals surface area contributed by atoms with E-state index in [0.29, 0.717) is 0 Å². The van der Waals surface area contributed by atoms with Gasteiger partial charge < -0.3 is 4.74 Å². The molecule has 0 radical (unpaired) electrons. The van der Waals surface area contributed by atoms with Crippen molar-refractivity contribution in [1.82, 2.24) is 10.3 Å². The highest BCUT2D eigenvalue weighted by Gasteiger charge is 2.34. The van der Waals surface area contributed by atoms with E-state index in [4.69, 9.17) is 10.6 Å². The standard InChI is InChI=1S/C11H25N3O/c1-5-14-6-7-15-9(8-14)10(13-12)11(2,3)4/h9-10,13H,5-8,12H2,1-4H3. The average Bonchev–Trinajstić information content (AvgIpc) is 2.17. The van der Waals surface area contributed by atoms with Gasteiger partial charge in [0.2, 0.25) is 0 Å². The van der Waals surface area contributed by atoms with Gasteiger partial charge in [0.1, 0.15) is 0 Å². The Kier molecular flexibility index (Phi) is 4.52. The van der Waals surface area contributed by atoms with Gasteiger partial charge in [0.05, 0.1) is 18.8 Å². The van der Waals surface area contributed by atoms with Crippen LogP contribution in [-0.2, 0) is 4.74 Å². The minimum Gasteiger partial charge on any atom is -0.374 e. The van der Waals surface area contributed by atoms with Gasteiger partial charge in [-0.15, -0.1) is 0 Å². The summed E-state index contributed by atoms with van der Waals surface area (Å²) in [5.41, 5.74) is 3.03. The predicted molar refractivity (Wildman–Crippen MR) is 62.4 cm³/mol.